The lowest BCUT2D eigenvalue weighted by Gasteiger charge is -2.30. The molecule has 1 saturated heterocycles. The van der Waals surface area contributed by atoms with Crippen LogP contribution in [0.1, 0.15) is 55.1 Å². The summed E-state index contributed by atoms with van der Waals surface area (Å²) in [6.45, 7) is 0.881. The van der Waals surface area contributed by atoms with Gasteiger partial charge in [0.1, 0.15) is 0 Å². The molecule has 0 aromatic heterocycles. The van der Waals surface area contributed by atoms with E-state index in [1.807, 2.05) is 0 Å². The van der Waals surface area contributed by atoms with Crippen molar-refractivity contribution in [3.8, 4) is 0 Å². The summed E-state index contributed by atoms with van der Waals surface area (Å²) in [5.74, 6) is 1.02. The van der Waals surface area contributed by atoms with Gasteiger partial charge in [-0.1, -0.05) is 30.7 Å². The number of rotatable bonds is 3. The highest BCUT2D eigenvalue weighted by Gasteiger charge is 2.27. The summed E-state index contributed by atoms with van der Waals surface area (Å²) < 4.78 is 0. The second-order valence-corrected chi connectivity index (χ2v) is 5.93. The molecule has 1 aromatic carbocycles. The third-order valence-electron chi connectivity index (χ3n) is 4.71. The maximum absolute atomic E-state index is 11.3. The Morgan fingerprint density at radius 2 is 1.89 bits per heavy atom. The van der Waals surface area contributed by atoms with Crippen LogP contribution < -0.4 is 11.1 Å². The van der Waals surface area contributed by atoms with E-state index in [2.05, 4.69) is 29.6 Å². The normalized spacial score (nSPS) is 27.8. The number of carbonyl (C=O) groups is 1. The molecule has 0 bridgehead atoms. The van der Waals surface area contributed by atoms with Crippen molar-refractivity contribution < 1.29 is 4.79 Å². The summed E-state index contributed by atoms with van der Waals surface area (Å²) in [5.41, 5.74) is 8.29. The van der Waals surface area contributed by atoms with Gasteiger partial charge in [-0.25, -0.2) is 0 Å². The molecule has 0 spiro atoms. The van der Waals surface area contributed by atoms with Crippen molar-refractivity contribution in [1.29, 1.82) is 0 Å². The first-order chi connectivity index (χ1) is 9.24. The Kier molecular flexibility index (Phi) is 3.56. The quantitative estimate of drug-likeness (QED) is 0.874. The van der Waals surface area contributed by atoms with E-state index in [0.29, 0.717) is 5.92 Å². The molecule has 1 aliphatic heterocycles. The summed E-state index contributed by atoms with van der Waals surface area (Å²) in [6.07, 6.45) is 5.96. The molecule has 2 fully saturated rings. The predicted octanol–water partition coefficient (Wildman–Crippen LogP) is 2.27. The molecule has 1 aromatic rings. The minimum atomic E-state index is -0.222. The number of carbonyl (C=O) groups excluding carboxylic acids is 1. The van der Waals surface area contributed by atoms with E-state index in [9.17, 15) is 4.79 Å². The van der Waals surface area contributed by atoms with Crippen molar-refractivity contribution >= 4 is 5.91 Å². The monoisotopic (exact) mass is 258 g/mol. The van der Waals surface area contributed by atoms with Crippen molar-refractivity contribution in [3.63, 3.8) is 0 Å². The van der Waals surface area contributed by atoms with Crippen molar-refractivity contribution in [2.24, 2.45) is 5.73 Å². The SMILES string of the molecule is NC(=O)C1CC(c2cccc(C3CCC3)c2)CCN1. The molecular formula is C16H22N2O. The van der Waals surface area contributed by atoms with Crippen LogP contribution in [-0.4, -0.2) is 18.5 Å². The lowest BCUT2D eigenvalue weighted by Crippen LogP contribution is -2.46. The Labute approximate surface area is 114 Å². The van der Waals surface area contributed by atoms with E-state index in [0.717, 1.165) is 25.3 Å². The maximum Gasteiger partial charge on any atom is 0.234 e. The highest BCUT2D eigenvalue weighted by Crippen LogP contribution is 2.38. The number of hydrogen-bond acceptors (Lipinski definition) is 2. The number of amides is 1. The number of nitrogens with one attached hydrogen (secondary N) is 1. The van der Waals surface area contributed by atoms with Crippen LogP contribution in [0.15, 0.2) is 24.3 Å². The van der Waals surface area contributed by atoms with Gasteiger partial charge in [-0.3, -0.25) is 4.79 Å². The molecule has 3 N–H and O–H groups in total. The average molecular weight is 258 g/mol. The van der Waals surface area contributed by atoms with E-state index in [4.69, 9.17) is 5.73 Å². The molecular weight excluding hydrogens is 236 g/mol. The van der Waals surface area contributed by atoms with Crippen molar-refractivity contribution in [2.75, 3.05) is 6.54 Å². The predicted molar refractivity (Wildman–Crippen MR) is 76.0 cm³/mol. The van der Waals surface area contributed by atoms with E-state index in [1.165, 1.54) is 30.4 Å². The second-order valence-electron chi connectivity index (χ2n) is 5.93. The van der Waals surface area contributed by atoms with Crippen LogP contribution in [-0.2, 0) is 4.79 Å². The van der Waals surface area contributed by atoms with E-state index < -0.39 is 0 Å². The van der Waals surface area contributed by atoms with Crippen molar-refractivity contribution in [2.45, 2.75) is 50.0 Å². The highest BCUT2D eigenvalue weighted by molar-refractivity contribution is 5.80. The fraction of sp³-hybridized carbons (Fsp3) is 0.562. The fourth-order valence-electron chi connectivity index (χ4n) is 3.25. The van der Waals surface area contributed by atoms with Gasteiger partial charge in [-0.05, 0) is 55.2 Å². The largest absolute Gasteiger partial charge is 0.368 e. The maximum atomic E-state index is 11.3. The Morgan fingerprint density at radius 1 is 1.16 bits per heavy atom. The molecule has 1 heterocycles. The van der Waals surface area contributed by atoms with E-state index >= 15 is 0 Å². The summed E-state index contributed by atoms with van der Waals surface area (Å²) >= 11 is 0. The zero-order valence-corrected chi connectivity index (χ0v) is 11.3. The standard InChI is InChI=1S/C16H22N2O/c17-16(19)15-10-14(7-8-18-15)13-6-2-5-12(9-13)11-3-1-4-11/h2,5-6,9,11,14-15,18H,1,3-4,7-8,10H2,(H2,17,19). The minimum absolute atomic E-state index is 0.161. The van der Waals surface area contributed by atoms with Gasteiger partial charge in [0.25, 0.3) is 0 Å². The van der Waals surface area contributed by atoms with Crippen LogP contribution in [0.25, 0.3) is 0 Å². The van der Waals surface area contributed by atoms with E-state index in [1.54, 1.807) is 0 Å². The number of piperidine rings is 1. The van der Waals surface area contributed by atoms with Crippen LogP contribution in [0.5, 0.6) is 0 Å². The van der Waals surface area contributed by atoms with Crippen LogP contribution >= 0.6 is 0 Å². The van der Waals surface area contributed by atoms with Crippen molar-refractivity contribution in [1.82, 2.24) is 5.32 Å². The molecule has 3 heteroatoms. The first-order valence-corrected chi connectivity index (χ1v) is 7.36. The molecule has 3 nitrogen and oxygen atoms in total. The molecule has 1 aliphatic carbocycles. The highest BCUT2D eigenvalue weighted by atomic mass is 16.1. The Morgan fingerprint density at radius 3 is 2.53 bits per heavy atom. The third kappa shape index (κ3) is 2.66. The first-order valence-electron chi connectivity index (χ1n) is 7.36. The molecule has 2 aliphatic rings. The molecule has 2 atom stereocenters. The van der Waals surface area contributed by atoms with Crippen molar-refractivity contribution in [3.05, 3.63) is 35.4 Å². The van der Waals surface area contributed by atoms with Gasteiger partial charge in [0.2, 0.25) is 5.91 Å². The third-order valence-corrected chi connectivity index (χ3v) is 4.71. The number of nitrogens with two attached hydrogens (primary N) is 1. The molecule has 2 unspecified atom stereocenters. The Balaban J connectivity index is 1.75. The van der Waals surface area contributed by atoms with Gasteiger partial charge < -0.3 is 11.1 Å². The Hall–Kier alpha value is -1.35. The van der Waals surface area contributed by atoms with Crippen LogP contribution in [0.3, 0.4) is 0 Å². The zero-order chi connectivity index (χ0) is 13.2. The molecule has 1 saturated carbocycles. The molecule has 0 radical (unpaired) electrons. The fourth-order valence-corrected chi connectivity index (χ4v) is 3.25. The smallest absolute Gasteiger partial charge is 0.234 e. The average Bonchev–Trinajstić information content (AvgIpc) is 2.37. The summed E-state index contributed by atoms with van der Waals surface area (Å²) in [5, 5.41) is 3.20. The number of primary amides is 1. The lowest BCUT2D eigenvalue weighted by atomic mass is 9.78. The van der Waals surface area contributed by atoms with Gasteiger partial charge in [0, 0.05) is 0 Å². The Bertz CT molecular complexity index is 468. The zero-order valence-electron chi connectivity index (χ0n) is 11.3. The molecule has 19 heavy (non-hydrogen) atoms. The minimum Gasteiger partial charge on any atom is -0.368 e. The van der Waals surface area contributed by atoms with Gasteiger partial charge in [-0.15, -0.1) is 0 Å². The second kappa shape index (κ2) is 5.33. The summed E-state index contributed by atoms with van der Waals surface area (Å²) in [7, 11) is 0. The van der Waals surface area contributed by atoms with Crippen LogP contribution in [0.4, 0.5) is 0 Å². The van der Waals surface area contributed by atoms with Gasteiger partial charge in [0.15, 0.2) is 0 Å². The summed E-state index contributed by atoms with van der Waals surface area (Å²) in [6, 6.07) is 8.82. The number of benzene rings is 1. The molecule has 1 amide bonds. The van der Waals surface area contributed by atoms with E-state index in [-0.39, 0.29) is 11.9 Å². The lowest BCUT2D eigenvalue weighted by molar-refractivity contribution is -0.120. The number of hydrogen-bond donors (Lipinski definition) is 2. The van der Waals surface area contributed by atoms with Gasteiger partial charge in [-0.2, -0.15) is 0 Å². The first kappa shape index (κ1) is 12.7. The molecule has 102 valence electrons. The van der Waals surface area contributed by atoms with Gasteiger partial charge in [0.05, 0.1) is 6.04 Å². The van der Waals surface area contributed by atoms with Gasteiger partial charge >= 0.3 is 0 Å². The summed E-state index contributed by atoms with van der Waals surface area (Å²) in [4.78, 5) is 11.3. The topological polar surface area (TPSA) is 55.1 Å². The van der Waals surface area contributed by atoms with Crippen LogP contribution in [0, 0.1) is 0 Å². The molecule has 3 rings (SSSR count). The van der Waals surface area contributed by atoms with Crippen LogP contribution in [0.2, 0.25) is 0 Å².